The number of benzene rings is 1. The number of fused-ring (bicyclic) bond motifs is 2. The standard InChI is InChI=1S/C20H27NO4/c1-24-18-6-3-14(4-7-18)8-9-21-19(22)13-25-20(23)12-17-11-15-2-5-16(17)10-15/h3-4,6-7,15-17H,2,5,8-13H2,1H3,(H,21,22)/t15-,16-,17+/m1/s1. The van der Waals surface area contributed by atoms with Gasteiger partial charge in [0.25, 0.3) is 5.91 Å². The molecule has 1 N–H and O–H groups in total. The lowest BCUT2D eigenvalue weighted by atomic mass is 9.86. The van der Waals surface area contributed by atoms with E-state index in [-0.39, 0.29) is 18.5 Å². The molecular formula is C20H27NO4. The Bertz CT molecular complexity index is 598. The van der Waals surface area contributed by atoms with Crippen molar-refractivity contribution in [3.8, 4) is 5.75 Å². The zero-order valence-corrected chi connectivity index (χ0v) is 14.8. The van der Waals surface area contributed by atoms with Crippen LogP contribution in [0.25, 0.3) is 0 Å². The molecule has 0 radical (unpaired) electrons. The zero-order chi connectivity index (χ0) is 17.6. The second-order valence-electron chi connectivity index (χ2n) is 7.25. The van der Waals surface area contributed by atoms with E-state index in [1.165, 1.54) is 19.3 Å². The van der Waals surface area contributed by atoms with Crippen molar-refractivity contribution in [2.24, 2.45) is 17.8 Å². The number of carbonyl (C=O) groups is 2. The Morgan fingerprint density at radius 3 is 2.60 bits per heavy atom. The van der Waals surface area contributed by atoms with Crippen LogP contribution < -0.4 is 10.1 Å². The number of ether oxygens (including phenoxy) is 2. The Kier molecular flexibility index (Phi) is 5.95. The molecule has 2 aliphatic rings. The van der Waals surface area contributed by atoms with Crippen LogP contribution >= 0.6 is 0 Å². The Hall–Kier alpha value is -2.04. The van der Waals surface area contributed by atoms with Crippen LogP contribution in [0.5, 0.6) is 5.75 Å². The van der Waals surface area contributed by atoms with E-state index in [1.54, 1.807) is 7.11 Å². The third-order valence-corrected chi connectivity index (χ3v) is 5.57. The highest BCUT2D eigenvalue weighted by Gasteiger charge is 2.40. The SMILES string of the molecule is COc1ccc(CCNC(=O)COC(=O)C[C@@H]2C[C@@H]3CC[C@@H]2C3)cc1. The third-order valence-electron chi connectivity index (χ3n) is 5.57. The molecule has 1 aromatic rings. The predicted molar refractivity (Wildman–Crippen MR) is 94.2 cm³/mol. The lowest BCUT2D eigenvalue weighted by Crippen LogP contribution is -2.31. The molecule has 3 rings (SSSR count). The number of hydrogen-bond acceptors (Lipinski definition) is 4. The first-order chi connectivity index (χ1) is 12.1. The summed E-state index contributed by atoms with van der Waals surface area (Å²) in [5.41, 5.74) is 1.12. The van der Waals surface area contributed by atoms with Gasteiger partial charge in [-0.15, -0.1) is 0 Å². The first kappa shape index (κ1) is 17.8. The molecule has 0 saturated heterocycles. The van der Waals surface area contributed by atoms with Crippen molar-refractivity contribution in [3.05, 3.63) is 29.8 Å². The molecule has 0 spiro atoms. The summed E-state index contributed by atoms with van der Waals surface area (Å²) in [6.07, 6.45) is 6.23. The maximum absolute atomic E-state index is 11.9. The molecular weight excluding hydrogens is 318 g/mol. The molecule has 5 heteroatoms. The van der Waals surface area contributed by atoms with Crippen LogP contribution in [-0.4, -0.2) is 32.1 Å². The Morgan fingerprint density at radius 2 is 1.96 bits per heavy atom. The average molecular weight is 345 g/mol. The van der Waals surface area contributed by atoms with Crippen LogP contribution in [0.1, 0.15) is 37.7 Å². The molecule has 3 atom stereocenters. The minimum Gasteiger partial charge on any atom is -0.497 e. The molecule has 136 valence electrons. The van der Waals surface area contributed by atoms with Gasteiger partial charge in [-0.3, -0.25) is 9.59 Å². The van der Waals surface area contributed by atoms with Crippen LogP contribution in [0.3, 0.4) is 0 Å². The molecule has 5 nitrogen and oxygen atoms in total. The van der Waals surface area contributed by atoms with Crippen molar-refractivity contribution in [2.75, 3.05) is 20.3 Å². The van der Waals surface area contributed by atoms with Gasteiger partial charge in [0.1, 0.15) is 5.75 Å². The number of methoxy groups -OCH3 is 1. The van der Waals surface area contributed by atoms with E-state index >= 15 is 0 Å². The van der Waals surface area contributed by atoms with Crippen LogP contribution in [-0.2, 0) is 20.7 Å². The average Bonchev–Trinajstić information content (AvgIpc) is 3.23. The van der Waals surface area contributed by atoms with Crippen LogP contribution in [0.2, 0.25) is 0 Å². The van der Waals surface area contributed by atoms with Crippen molar-refractivity contribution in [1.29, 1.82) is 0 Å². The Balaban J connectivity index is 1.29. The van der Waals surface area contributed by atoms with Gasteiger partial charge >= 0.3 is 5.97 Å². The van der Waals surface area contributed by atoms with Gasteiger partial charge in [0, 0.05) is 13.0 Å². The minimum absolute atomic E-state index is 0.178. The summed E-state index contributed by atoms with van der Waals surface area (Å²) in [6.45, 7) is 0.345. The zero-order valence-electron chi connectivity index (χ0n) is 14.8. The molecule has 0 unspecified atom stereocenters. The Morgan fingerprint density at radius 1 is 1.16 bits per heavy atom. The molecule has 1 aromatic carbocycles. The fourth-order valence-electron chi connectivity index (χ4n) is 4.23. The van der Waals surface area contributed by atoms with Gasteiger partial charge in [0.05, 0.1) is 7.11 Å². The summed E-state index contributed by atoms with van der Waals surface area (Å²) < 4.78 is 10.3. The van der Waals surface area contributed by atoms with Crippen molar-refractivity contribution in [1.82, 2.24) is 5.32 Å². The maximum atomic E-state index is 11.9. The molecule has 0 aliphatic heterocycles. The van der Waals surface area contributed by atoms with Gasteiger partial charge in [-0.05, 0) is 61.1 Å². The van der Waals surface area contributed by atoms with E-state index < -0.39 is 0 Å². The van der Waals surface area contributed by atoms with E-state index in [0.29, 0.717) is 24.8 Å². The van der Waals surface area contributed by atoms with Crippen molar-refractivity contribution in [3.63, 3.8) is 0 Å². The van der Waals surface area contributed by atoms with Gasteiger partial charge in [0.15, 0.2) is 6.61 Å². The van der Waals surface area contributed by atoms with Crippen molar-refractivity contribution in [2.45, 2.75) is 38.5 Å². The van der Waals surface area contributed by atoms with Gasteiger partial charge in [-0.1, -0.05) is 18.6 Å². The molecule has 25 heavy (non-hydrogen) atoms. The summed E-state index contributed by atoms with van der Waals surface area (Å²) in [4.78, 5) is 23.7. The fourth-order valence-corrected chi connectivity index (χ4v) is 4.23. The van der Waals surface area contributed by atoms with E-state index in [9.17, 15) is 9.59 Å². The van der Waals surface area contributed by atoms with Crippen LogP contribution in [0, 0.1) is 17.8 Å². The smallest absolute Gasteiger partial charge is 0.306 e. The second kappa shape index (κ2) is 8.37. The van der Waals surface area contributed by atoms with E-state index in [1.807, 2.05) is 24.3 Å². The highest BCUT2D eigenvalue weighted by molar-refractivity contribution is 5.80. The number of carbonyl (C=O) groups excluding carboxylic acids is 2. The van der Waals surface area contributed by atoms with E-state index in [2.05, 4.69) is 5.32 Å². The lowest BCUT2D eigenvalue weighted by Gasteiger charge is -2.20. The summed E-state index contributed by atoms with van der Waals surface area (Å²) >= 11 is 0. The van der Waals surface area contributed by atoms with Gasteiger partial charge < -0.3 is 14.8 Å². The monoisotopic (exact) mass is 345 g/mol. The summed E-state index contributed by atoms with van der Waals surface area (Å²) in [7, 11) is 1.63. The summed E-state index contributed by atoms with van der Waals surface area (Å²) in [6, 6.07) is 7.74. The van der Waals surface area contributed by atoms with Crippen LogP contribution in [0.15, 0.2) is 24.3 Å². The Labute approximate surface area is 149 Å². The topological polar surface area (TPSA) is 64.6 Å². The maximum Gasteiger partial charge on any atom is 0.306 e. The second-order valence-corrected chi connectivity index (χ2v) is 7.25. The summed E-state index contributed by atoms with van der Waals surface area (Å²) in [5.74, 6) is 2.34. The minimum atomic E-state index is -0.241. The van der Waals surface area contributed by atoms with Gasteiger partial charge in [-0.2, -0.15) is 0 Å². The number of amides is 1. The van der Waals surface area contributed by atoms with Crippen molar-refractivity contribution >= 4 is 11.9 Å². The molecule has 2 bridgehead atoms. The quantitative estimate of drug-likeness (QED) is 0.736. The number of nitrogens with one attached hydrogen (secondary N) is 1. The molecule has 0 aromatic heterocycles. The van der Waals surface area contributed by atoms with Crippen molar-refractivity contribution < 1.29 is 19.1 Å². The number of rotatable bonds is 8. The predicted octanol–water partition coefficient (Wildman–Crippen LogP) is 2.72. The molecule has 2 saturated carbocycles. The van der Waals surface area contributed by atoms with Gasteiger partial charge in [0.2, 0.25) is 0 Å². The first-order valence-electron chi connectivity index (χ1n) is 9.19. The third kappa shape index (κ3) is 4.97. The fraction of sp³-hybridized carbons (Fsp3) is 0.600. The molecule has 2 aliphatic carbocycles. The highest BCUT2D eigenvalue weighted by atomic mass is 16.5. The molecule has 2 fully saturated rings. The normalized spacial score (nSPS) is 24.1. The molecule has 0 heterocycles. The molecule has 1 amide bonds. The van der Waals surface area contributed by atoms with Crippen LogP contribution in [0.4, 0.5) is 0 Å². The van der Waals surface area contributed by atoms with E-state index in [4.69, 9.17) is 9.47 Å². The largest absolute Gasteiger partial charge is 0.497 e. The van der Waals surface area contributed by atoms with E-state index in [0.717, 1.165) is 30.1 Å². The first-order valence-corrected chi connectivity index (χ1v) is 9.19. The summed E-state index contributed by atoms with van der Waals surface area (Å²) in [5, 5.41) is 2.79. The lowest BCUT2D eigenvalue weighted by molar-refractivity contribution is -0.149. The van der Waals surface area contributed by atoms with Gasteiger partial charge in [-0.25, -0.2) is 0 Å². The number of hydrogen-bond donors (Lipinski definition) is 1. The highest BCUT2D eigenvalue weighted by Crippen LogP contribution is 2.49. The number of esters is 1.